The summed E-state index contributed by atoms with van der Waals surface area (Å²) in [5.74, 6) is -0.147. The topological polar surface area (TPSA) is 55.8 Å². The van der Waals surface area contributed by atoms with E-state index in [4.69, 9.17) is 9.47 Å². The van der Waals surface area contributed by atoms with Gasteiger partial charge in [-0.15, -0.1) is 0 Å². The minimum absolute atomic E-state index is 0.0994. The van der Waals surface area contributed by atoms with Crippen LogP contribution < -0.4 is 0 Å². The van der Waals surface area contributed by atoms with Gasteiger partial charge in [-0.3, -0.25) is 9.59 Å². The van der Waals surface area contributed by atoms with Crippen LogP contribution in [-0.2, 0) is 19.1 Å². The molecule has 1 aliphatic rings. The molecule has 0 aromatic rings. The zero-order valence-electron chi connectivity index (χ0n) is 12.0. The lowest BCUT2D eigenvalue weighted by Gasteiger charge is -2.25. The first-order chi connectivity index (χ1) is 9.17. The molecule has 1 atom stereocenters. The van der Waals surface area contributed by atoms with Gasteiger partial charge in [0.2, 0.25) is 5.91 Å². The lowest BCUT2D eigenvalue weighted by atomic mass is 10.2. The zero-order valence-corrected chi connectivity index (χ0v) is 12.0. The number of carbonyl (C=O) groups is 2. The van der Waals surface area contributed by atoms with Crippen LogP contribution in [-0.4, -0.2) is 49.2 Å². The predicted octanol–water partition coefficient (Wildman–Crippen LogP) is 1.75. The first kappa shape index (κ1) is 16.0. The summed E-state index contributed by atoms with van der Waals surface area (Å²) in [5, 5.41) is 0. The van der Waals surface area contributed by atoms with Gasteiger partial charge in [-0.05, 0) is 26.2 Å². The van der Waals surface area contributed by atoms with E-state index in [1.165, 1.54) is 0 Å². The lowest BCUT2D eigenvalue weighted by molar-refractivity contribution is -0.144. The first-order valence-electron chi connectivity index (χ1n) is 7.22. The number of amides is 1. The second-order valence-corrected chi connectivity index (χ2v) is 4.78. The Hall–Kier alpha value is -1.10. The summed E-state index contributed by atoms with van der Waals surface area (Å²) in [6, 6.07) is 0. The fourth-order valence-electron chi connectivity index (χ4n) is 2.18. The third-order valence-electron chi connectivity index (χ3n) is 3.16. The SMILES string of the molecule is CCCC(=O)N(CCC(=O)OCC)CC1CCCO1. The molecule has 1 saturated heterocycles. The molecule has 19 heavy (non-hydrogen) atoms. The van der Waals surface area contributed by atoms with Crippen LogP contribution in [0.25, 0.3) is 0 Å². The third-order valence-corrected chi connectivity index (χ3v) is 3.16. The summed E-state index contributed by atoms with van der Waals surface area (Å²) < 4.78 is 10.4. The van der Waals surface area contributed by atoms with Crippen molar-refractivity contribution in [3.05, 3.63) is 0 Å². The highest BCUT2D eigenvalue weighted by molar-refractivity contribution is 5.77. The Labute approximate surface area is 115 Å². The van der Waals surface area contributed by atoms with E-state index < -0.39 is 0 Å². The molecule has 0 aromatic carbocycles. The van der Waals surface area contributed by atoms with Crippen LogP contribution in [0.5, 0.6) is 0 Å². The molecule has 0 saturated carbocycles. The van der Waals surface area contributed by atoms with Gasteiger partial charge >= 0.3 is 5.97 Å². The summed E-state index contributed by atoms with van der Waals surface area (Å²) in [7, 11) is 0. The average molecular weight is 271 g/mol. The van der Waals surface area contributed by atoms with Gasteiger partial charge in [0.25, 0.3) is 0 Å². The molecule has 5 heteroatoms. The van der Waals surface area contributed by atoms with Gasteiger partial charge in [0, 0.05) is 26.1 Å². The molecule has 0 spiro atoms. The van der Waals surface area contributed by atoms with Crippen molar-refractivity contribution < 1.29 is 19.1 Å². The second kappa shape index (κ2) is 8.91. The van der Waals surface area contributed by atoms with Gasteiger partial charge in [0.05, 0.1) is 19.1 Å². The van der Waals surface area contributed by atoms with Crippen molar-refractivity contribution in [2.75, 3.05) is 26.3 Å². The monoisotopic (exact) mass is 271 g/mol. The van der Waals surface area contributed by atoms with Crippen molar-refractivity contribution >= 4 is 11.9 Å². The van der Waals surface area contributed by atoms with E-state index >= 15 is 0 Å². The van der Waals surface area contributed by atoms with Gasteiger partial charge in [-0.1, -0.05) is 6.92 Å². The molecular weight excluding hydrogens is 246 g/mol. The third kappa shape index (κ3) is 6.05. The van der Waals surface area contributed by atoms with Gasteiger partial charge in [0.15, 0.2) is 0 Å². The Morgan fingerprint density at radius 2 is 2.11 bits per heavy atom. The van der Waals surface area contributed by atoms with E-state index in [1.54, 1.807) is 11.8 Å². The predicted molar refractivity (Wildman–Crippen MR) is 71.7 cm³/mol. The van der Waals surface area contributed by atoms with Crippen LogP contribution in [0.2, 0.25) is 0 Å². The van der Waals surface area contributed by atoms with Crippen LogP contribution in [0.1, 0.15) is 46.0 Å². The maximum absolute atomic E-state index is 12.0. The number of esters is 1. The summed E-state index contributed by atoms with van der Waals surface area (Å²) in [5.41, 5.74) is 0. The zero-order chi connectivity index (χ0) is 14.1. The first-order valence-corrected chi connectivity index (χ1v) is 7.22. The van der Waals surface area contributed by atoms with Gasteiger partial charge < -0.3 is 14.4 Å². The van der Waals surface area contributed by atoms with Gasteiger partial charge in [0.1, 0.15) is 0 Å². The number of hydrogen-bond donors (Lipinski definition) is 0. The maximum atomic E-state index is 12.0. The number of ether oxygens (including phenoxy) is 2. The molecule has 0 N–H and O–H groups in total. The van der Waals surface area contributed by atoms with Crippen molar-refractivity contribution in [2.24, 2.45) is 0 Å². The Morgan fingerprint density at radius 3 is 2.68 bits per heavy atom. The minimum atomic E-state index is -0.246. The summed E-state index contributed by atoms with van der Waals surface area (Å²) in [4.78, 5) is 25.1. The second-order valence-electron chi connectivity index (χ2n) is 4.78. The smallest absolute Gasteiger partial charge is 0.307 e. The standard InChI is InChI=1S/C14H25NO4/c1-3-6-13(16)15(9-8-14(17)18-4-2)11-12-7-5-10-19-12/h12H,3-11H2,1-2H3. The van der Waals surface area contributed by atoms with Crippen molar-refractivity contribution in [2.45, 2.75) is 52.1 Å². The Morgan fingerprint density at radius 1 is 1.32 bits per heavy atom. The highest BCUT2D eigenvalue weighted by atomic mass is 16.5. The molecule has 0 radical (unpaired) electrons. The summed E-state index contributed by atoms with van der Waals surface area (Å²) in [6.07, 6.45) is 3.78. The Balaban J connectivity index is 2.43. The normalized spacial score (nSPS) is 18.3. The Bertz CT molecular complexity index is 287. The molecule has 1 fully saturated rings. The molecule has 1 heterocycles. The average Bonchev–Trinajstić information content (AvgIpc) is 2.88. The number of rotatable bonds is 8. The summed E-state index contributed by atoms with van der Waals surface area (Å²) in [6.45, 7) is 5.94. The van der Waals surface area contributed by atoms with E-state index in [0.29, 0.717) is 26.1 Å². The minimum Gasteiger partial charge on any atom is -0.466 e. The highest BCUT2D eigenvalue weighted by Gasteiger charge is 2.22. The van der Waals surface area contributed by atoms with Crippen molar-refractivity contribution in [3.63, 3.8) is 0 Å². The quantitative estimate of drug-likeness (QED) is 0.631. The molecule has 1 aliphatic heterocycles. The maximum Gasteiger partial charge on any atom is 0.307 e. The molecule has 0 aliphatic carbocycles. The van der Waals surface area contributed by atoms with Crippen molar-refractivity contribution in [1.82, 2.24) is 4.90 Å². The largest absolute Gasteiger partial charge is 0.466 e. The van der Waals surface area contributed by atoms with E-state index in [0.717, 1.165) is 25.9 Å². The molecule has 110 valence electrons. The van der Waals surface area contributed by atoms with Crippen LogP contribution in [0.4, 0.5) is 0 Å². The number of nitrogens with zero attached hydrogens (tertiary/aromatic N) is 1. The van der Waals surface area contributed by atoms with Crippen LogP contribution in [0.3, 0.4) is 0 Å². The molecule has 1 unspecified atom stereocenters. The highest BCUT2D eigenvalue weighted by Crippen LogP contribution is 2.14. The van der Waals surface area contributed by atoms with Crippen LogP contribution >= 0.6 is 0 Å². The fourth-order valence-corrected chi connectivity index (χ4v) is 2.18. The lowest BCUT2D eigenvalue weighted by Crippen LogP contribution is -2.38. The Kier molecular flexibility index (Phi) is 7.48. The van der Waals surface area contributed by atoms with E-state index in [-0.39, 0.29) is 24.4 Å². The van der Waals surface area contributed by atoms with Crippen molar-refractivity contribution in [3.8, 4) is 0 Å². The van der Waals surface area contributed by atoms with E-state index in [2.05, 4.69) is 0 Å². The van der Waals surface area contributed by atoms with Crippen molar-refractivity contribution in [1.29, 1.82) is 0 Å². The fraction of sp³-hybridized carbons (Fsp3) is 0.857. The van der Waals surface area contributed by atoms with Crippen LogP contribution in [0.15, 0.2) is 0 Å². The molecule has 0 bridgehead atoms. The van der Waals surface area contributed by atoms with E-state index in [1.807, 2.05) is 6.92 Å². The summed E-state index contributed by atoms with van der Waals surface area (Å²) >= 11 is 0. The van der Waals surface area contributed by atoms with Gasteiger partial charge in [-0.25, -0.2) is 0 Å². The molecule has 1 amide bonds. The number of hydrogen-bond acceptors (Lipinski definition) is 4. The number of carbonyl (C=O) groups excluding carboxylic acids is 2. The van der Waals surface area contributed by atoms with Gasteiger partial charge in [-0.2, -0.15) is 0 Å². The van der Waals surface area contributed by atoms with Crippen LogP contribution in [0, 0.1) is 0 Å². The molecular formula is C14H25NO4. The van der Waals surface area contributed by atoms with E-state index in [9.17, 15) is 9.59 Å². The molecule has 0 aromatic heterocycles. The molecule has 5 nitrogen and oxygen atoms in total. The molecule has 1 rings (SSSR count).